The molecule has 0 aromatic heterocycles. The second-order valence-electron chi connectivity index (χ2n) is 3.65. The van der Waals surface area contributed by atoms with Crippen LogP contribution in [-0.2, 0) is 9.53 Å². The van der Waals surface area contributed by atoms with E-state index in [1.807, 2.05) is 18.2 Å². The molecule has 16 heavy (non-hydrogen) atoms. The predicted octanol–water partition coefficient (Wildman–Crippen LogP) is 2.30. The van der Waals surface area contributed by atoms with E-state index in [9.17, 15) is 4.79 Å². The van der Waals surface area contributed by atoms with E-state index in [2.05, 4.69) is 18.5 Å². The Bertz CT molecular complexity index is 353. The van der Waals surface area contributed by atoms with E-state index in [1.165, 1.54) is 6.08 Å². The lowest BCUT2D eigenvalue weighted by Crippen LogP contribution is -2.23. The van der Waals surface area contributed by atoms with Gasteiger partial charge in [0.05, 0.1) is 7.11 Å². The zero-order valence-corrected chi connectivity index (χ0v) is 9.53. The Labute approximate surface area is 96.2 Å². The van der Waals surface area contributed by atoms with Gasteiger partial charge in [-0.15, -0.1) is 0 Å². The SMILES string of the molecule is C=CC(=C)NC(=O)CC1C=CC(OC)=CC1. The molecule has 1 N–H and O–H groups in total. The van der Waals surface area contributed by atoms with E-state index in [0.717, 1.165) is 12.2 Å². The third-order valence-electron chi connectivity index (χ3n) is 2.38. The highest BCUT2D eigenvalue weighted by Gasteiger charge is 2.13. The number of amides is 1. The Hall–Kier alpha value is -1.77. The topological polar surface area (TPSA) is 38.3 Å². The molecule has 0 spiro atoms. The molecule has 0 aromatic carbocycles. The van der Waals surface area contributed by atoms with Crippen molar-refractivity contribution in [3.8, 4) is 0 Å². The molecule has 0 saturated carbocycles. The van der Waals surface area contributed by atoms with Gasteiger partial charge in [-0.3, -0.25) is 4.79 Å². The lowest BCUT2D eigenvalue weighted by atomic mass is 9.96. The maximum absolute atomic E-state index is 11.5. The number of hydrogen-bond acceptors (Lipinski definition) is 2. The average molecular weight is 219 g/mol. The molecule has 0 radical (unpaired) electrons. The monoisotopic (exact) mass is 219 g/mol. The molecular formula is C13H17NO2. The molecule has 3 nitrogen and oxygen atoms in total. The van der Waals surface area contributed by atoms with Crippen LogP contribution >= 0.6 is 0 Å². The largest absolute Gasteiger partial charge is 0.497 e. The van der Waals surface area contributed by atoms with Gasteiger partial charge in [0.1, 0.15) is 5.76 Å². The maximum atomic E-state index is 11.5. The molecular weight excluding hydrogens is 202 g/mol. The number of rotatable bonds is 5. The van der Waals surface area contributed by atoms with Crippen LogP contribution in [-0.4, -0.2) is 13.0 Å². The molecule has 0 heterocycles. The van der Waals surface area contributed by atoms with Crippen LogP contribution in [0.1, 0.15) is 12.8 Å². The third kappa shape index (κ3) is 3.77. The van der Waals surface area contributed by atoms with E-state index in [-0.39, 0.29) is 11.8 Å². The first-order chi connectivity index (χ1) is 7.65. The Kier molecular flexibility index (Phi) is 4.58. The fourth-order valence-corrected chi connectivity index (χ4v) is 1.47. The van der Waals surface area contributed by atoms with Crippen molar-refractivity contribution in [3.63, 3.8) is 0 Å². The standard InChI is InChI=1S/C13H17NO2/c1-4-10(2)14-13(15)9-11-5-7-12(16-3)8-6-11/h4-5,7-8,11H,1-2,6,9H2,3H3,(H,14,15). The van der Waals surface area contributed by atoms with Crippen molar-refractivity contribution in [2.45, 2.75) is 12.8 Å². The summed E-state index contributed by atoms with van der Waals surface area (Å²) in [5.41, 5.74) is 0.540. The van der Waals surface area contributed by atoms with Crippen molar-refractivity contribution in [2.75, 3.05) is 7.11 Å². The first-order valence-electron chi connectivity index (χ1n) is 5.19. The number of carbonyl (C=O) groups is 1. The summed E-state index contributed by atoms with van der Waals surface area (Å²) in [5, 5.41) is 2.66. The molecule has 0 fully saturated rings. The van der Waals surface area contributed by atoms with E-state index >= 15 is 0 Å². The van der Waals surface area contributed by atoms with Crippen molar-refractivity contribution in [3.05, 3.63) is 48.9 Å². The predicted molar refractivity (Wildman–Crippen MR) is 64.4 cm³/mol. The van der Waals surface area contributed by atoms with E-state index in [0.29, 0.717) is 12.1 Å². The normalized spacial score (nSPS) is 18.6. The fraction of sp³-hybridized carbons (Fsp3) is 0.308. The molecule has 1 aliphatic carbocycles. The van der Waals surface area contributed by atoms with Gasteiger partial charge >= 0.3 is 0 Å². The molecule has 3 heteroatoms. The second kappa shape index (κ2) is 5.95. The summed E-state index contributed by atoms with van der Waals surface area (Å²) in [6.07, 6.45) is 8.68. The molecule has 86 valence electrons. The molecule has 0 aliphatic heterocycles. The van der Waals surface area contributed by atoms with Gasteiger partial charge in [0, 0.05) is 12.1 Å². The minimum absolute atomic E-state index is 0.0335. The van der Waals surface area contributed by atoms with Gasteiger partial charge < -0.3 is 10.1 Å². The summed E-state index contributed by atoms with van der Waals surface area (Å²) < 4.78 is 5.07. The van der Waals surface area contributed by atoms with Crippen LogP contribution in [0.15, 0.2) is 48.9 Å². The molecule has 0 saturated heterocycles. The minimum Gasteiger partial charge on any atom is -0.497 e. The van der Waals surface area contributed by atoms with Gasteiger partial charge in [0.2, 0.25) is 5.91 Å². The number of hydrogen-bond donors (Lipinski definition) is 1. The van der Waals surface area contributed by atoms with Gasteiger partial charge in [-0.25, -0.2) is 0 Å². The van der Waals surface area contributed by atoms with Crippen molar-refractivity contribution in [1.82, 2.24) is 5.32 Å². The molecule has 1 amide bonds. The molecule has 1 unspecified atom stereocenters. The highest BCUT2D eigenvalue weighted by Crippen LogP contribution is 2.19. The van der Waals surface area contributed by atoms with Gasteiger partial charge in [-0.2, -0.15) is 0 Å². The number of methoxy groups -OCH3 is 1. The van der Waals surface area contributed by atoms with Gasteiger partial charge in [-0.05, 0) is 30.6 Å². The highest BCUT2D eigenvalue weighted by molar-refractivity contribution is 5.78. The zero-order chi connectivity index (χ0) is 12.0. The molecule has 1 rings (SSSR count). The highest BCUT2D eigenvalue weighted by atomic mass is 16.5. The smallest absolute Gasteiger partial charge is 0.224 e. The summed E-state index contributed by atoms with van der Waals surface area (Å²) >= 11 is 0. The van der Waals surface area contributed by atoms with Crippen LogP contribution in [0.3, 0.4) is 0 Å². The lowest BCUT2D eigenvalue weighted by molar-refractivity contribution is -0.120. The van der Waals surface area contributed by atoms with Crippen LogP contribution in [0, 0.1) is 5.92 Å². The van der Waals surface area contributed by atoms with E-state index in [4.69, 9.17) is 4.74 Å². The Morgan fingerprint density at radius 1 is 1.75 bits per heavy atom. The summed E-state index contributed by atoms with van der Waals surface area (Å²) in [7, 11) is 1.64. The second-order valence-corrected chi connectivity index (χ2v) is 3.65. The van der Waals surface area contributed by atoms with Crippen molar-refractivity contribution < 1.29 is 9.53 Å². The average Bonchev–Trinajstić information content (AvgIpc) is 2.29. The lowest BCUT2D eigenvalue weighted by Gasteiger charge is -2.15. The number of allylic oxidation sites excluding steroid dienone is 4. The van der Waals surface area contributed by atoms with E-state index in [1.54, 1.807) is 7.11 Å². The number of nitrogens with one attached hydrogen (secondary N) is 1. The third-order valence-corrected chi connectivity index (χ3v) is 2.38. The van der Waals surface area contributed by atoms with Crippen LogP contribution in [0.4, 0.5) is 0 Å². The van der Waals surface area contributed by atoms with Crippen molar-refractivity contribution >= 4 is 5.91 Å². The molecule has 0 aromatic rings. The van der Waals surface area contributed by atoms with Gasteiger partial charge in [-0.1, -0.05) is 19.2 Å². The summed E-state index contributed by atoms with van der Waals surface area (Å²) in [4.78, 5) is 11.5. The Morgan fingerprint density at radius 2 is 2.50 bits per heavy atom. The Morgan fingerprint density at radius 3 is 3.00 bits per heavy atom. The number of carbonyl (C=O) groups excluding carboxylic acids is 1. The summed E-state index contributed by atoms with van der Waals surface area (Å²) in [5.74, 6) is 1.05. The quantitative estimate of drug-likeness (QED) is 0.720. The van der Waals surface area contributed by atoms with Crippen LogP contribution in [0.2, 0.25) is 0 Å². The molecule has 1 atom stereocenters. The Balaban J connectivity index is 2.38. The summed E-state index contributed by atoms with van der Waals surface area (Å²) in [6, 6.07) is 0. The van der Waals surface area contributed by atoms with Crippen LogP contribution in [0.25, 0.3) is 0 Å². The fourth-order valence-electron chi connectivity index (χ4n) is 1.47. The minimum atomic E-state index is -0.0335. The first kappa shape index (κ1) is 12.3. The summed E-state index contributed by atoms with van der Waals surface area (Å²) in [6.45, 7) is 7.16. The maximum Gasteiger partial charge on any atom is 0.224 e. The zero-order valence-electron chi connectivity index (χ0n) is 9.53. The first-order valence-corrected chi connectivity index (χ1v) is 5.19. The molecule has 0 bridgehead atoms. The van der Waals surface area contributed by atoms with Crippen LogP contribution < -0.4 is 5.32 Å². The van der Waals surface area contributed by atoms with E-state index < -0.39 is 0 Å². The van der Waals surface area contributed by atoms with Crippen molar-refractivity contribution in [1.29, 1.82) is 0 Å². The number of ether oxygens (including phenoxy) is 1. The molecule has 1 aliphatic rings. The van der Waals surface area contributed by atoms with Gasteiger partial charge in [0.25, 0.3) is 0 Å². The van der Waals surface area contributed by atoms with Crippen LogP contribution in [0.5, 0.6) is 0 Å². The van der Waals surface area contributed by atoms with Crippen molar-refractivity contribution in [2.24, 2.45) is 5.92 Å². The van der Waals surface area contributed by atoms with Gasteiger partial charge in [0.15, 0.2) is 0 Å².